The molecule has 1 aliphatic heterocycles. The molecule has 0 radical (unpaired) electrons. The highest BCUT2D eigenvalue weighted by Crippen LogP contribution is 2.76. The zero-order valence-corrected chi connectivity index (χ0v) is 36.2. The van der Waals surface area contributed by atoms with Crippen molar-refractivity contribution in [3.8, 4) is 11.9 Å². The fourth-order valence-corrected chi connectivity index (χ4v) is 15.6. The number of carbonyl (C=O) groups is 1. The van der Waals surface area contributed by atoms with Gasteiger partial charge < -0.3 is 20.1 Å². The van der Waals surface area contributed by atoms with Gasteiger partial charge in [-0.3, -0.25) is 4.79 Å². The fraction of sp³-hybridized carbons (Fsp3) is 0.740. The number of nitrogens with one attached hydrogen (secondary N) is 1. The number of carboxylic acids is 1. The van der Waals surface area contributed by atoms with E-state index in [4.69, 9.17) is 4.74 Å². The number of hydrogen-bond donors (Lipinski definition) is 2. The van der Waals surface area contributed by atoms with Gasteiger partial charge in [-0.25, -0.2) is 4.98 Å². The van der Waals surface area contributed by atoms with Gasteiger partial charge in [0.1, 0.15) is 23.7 Å². The lowest BCUT2D eigenvalue weighted by Crippen LogP contribution is -2.68. The van der Waals surface area contributed by atoms with Crippen molar-refractivity contribution in [2.75, 3.05) is 32.8 Å². The third-order valence-corrected chi connectivity index (χ3v) is 18.8. The van der Waals surface area contributed by atoms with Crippen LogP contribution < -0.4 is 10.1 Å². The Labute approximate surface area is 344 Å². The summed E-state index contributed by atoms with van der Waals surface area (Å²) >= 11 is 0. The van der Waals surface area contributed by atoms with Crippen LogP contribution in [0, 0.1) is 68.0 Å². The molecule has 0 bridgehead atoms. The Bertz CT molecular complexity index is 1840. The van der Waals surface area contributed by atoms with Crippen molar-refractivity contribution < 1.29 is 14.6 Å². The number of carboxylic acid groups (broad SMARTS) is 1. The van der Waals surface area contributed by atoms with Crippen LogP contribution in [0.5, 0.6) is 5.88 Å². The normalized spacial score (nSPS) is 41.2. The summed E-state index contributed by atoms with van der Waals surface area (Å²) in [4.78, 5) is 19.7. The SMILES string of the molecule is C=C(C)[C@@H]1CC[C@]2(NCCN3CCCCC3)CC[C@]3(C)[C@H](CC[C@@H]4[C@@]5(C)CC=C(C6=CC[C@](COc7ncccc7C#N)(C(=O)O)CC6)C(C)(C)[C@@H]5CC[C@]43C)[C@@H]12. The second-order valence-corrected chi connectivity index (χ2v) is 21.5. The quantitative estimate of drug-likeness (QED) is 0.228. The zero-order valence-electron chi connectivity index (χ0n) is 36.2. The zero-order chi connectivity index (χ0) is 40.4. The van der Waals surface area contributed by atoms with Gasteiger partial charge in [0.25, 0.3) is 0 Å². The van der Waals surface area contributed by atoms with E-state index in [0.29, 0.717) is 52.9 Å². The summed E-state index contributed by atoms with van der Waals surface area (Å²) < 4.78 is 5.96. The number of rotatable bonds is 10. The molecule has 7 aliphatic rings. The molecule has 7 heteroatoms. The summed E-state index contributed by atoms with van der Waals surface area (Å²) in [6, 6.07) is 5.47. The van der Waals surface area contributed by atoms with Crippen LogP contribution >= 0.6 is 0 Å². The van der Waals surface area contributed by atoms with E-state index in [-0.39, 0.29) is 28.9 Å². The first-order valence-electron chi connectivity index (χ1n) is 22.9. The van der Waals surface area contributed by atoms with Gasteiger partial charge in [0.15, 0.2) is 0 Å². The molecule has 6 aliphatic carbocycles. The first-order valence-corrected chi connectivity index (χ1v) is 22.9. The van der Waals surface area contributed by atoms with Gasteiger partial charge in [-0.15, -0.1) is 0 Å². The molecule has 57 heavy (non-hydrogen) atoms. The minimum absolute atomic E-state index is 0.00376. The average molecular weight is 777 g/mol. The monoisotopic (exact) mass is 777 g/mol. The number of nitriles is 1. The number of nitrogens with zero attached hydrogens (tertiary/aromatic N) is 3. The second-order valence-electron chi connectivity index (χ2n) is 21.5. The van der Waals surface area contributed by atoms with Gasteiger partial charge in [0, 0.05) is 24.8 Å². The summed E-state index contributed by atoms with van der Waals surface area (Å²) in [5.41, 5.74) is 4.61. The summed E-state index contributed by atoms with van der Waals surface area (Å²) in [6.07, 6.45) is 23.8. The third kappa shape index (κ3) is 6.48. The molecule has 0 aromatic carbocycles. The topological polar surface area (TPSA) is 98.5 Å². The first kappa shape index (κ1) is 40.8. The molecule has 2 N–H and O–H groups in total. The predicted molar refractivity (Wildman–Crippen MR) is 227 cm³/mol. The minimum Gasteiger partial charge on any atom is -0.481 e. The van der Waals surface area contributed by atoms with Crippen molar-refractivity contribution in [2.24, 2.45) is 56.7 Å². The van der Waals surface area contributed by atoms with Gasteiger partial charge in [-0.1, -0.05) is 65.3 Å². The lowest BCUT2D eigenvalue weighted by molar-refractivity contribution is -0.221. The maximum Gasteiger partial charge on any atom is 0.313 e. The minimum atomic E-state index is -1.04. The molecule has 10 atom stereocenters. The van der Waals surface area contributed by atoms with Gasteiger partial charge >= 0.3 is 5.97 Å². The summed E-state index contributed by atoms with van der Waals surface area (Å²) in [5.74, 6) is 2.69. The van der Waals surface area contributed by atoms with E-state index in [1.807, 2.05) is 0 Å². The molecule has 8 rings (SSSR count). The molecule has 5 fully saturated rings. The Morgan fingerprint density at radius 3 is 2.47 bits per heavy atom. The molecule has 1 aromatic heterocycles. The highest BCUT2D eigenvalue weighted by Gasteiger charge is 2.70. The van der Waals surface area contributed by atoms with Gasteiger partial charge in [-0.2, -0.15) is 5.26 Å². The van der Waals surface area contributed by atoms with Crippen molar-refractivity contribution in [1.29, 1.82) is 5.26 Å². The van der Waals surface area contributed by atoms with Crippen molar-refractivity contribution in [2.45, 2.75) is 143 Å². The van der Waals surface area contributed by atoms with Crippen LogP contribution in [0.4, 0.5) is 0 Å². The molecule has 1 saturated heterocycles. The van der Waals surface area contributed by atoms with E-state index in [1.165, 1.54) is 107 Å². The van der Waals surface area contributed by atoms with Crippen molar-refractivity contribution in [3.05, 3.63) is 59.3 Å². The molecule has 1 aromatic rings. The molecule has 0 amide bonds. The van der Waals surface area contributed by atoms with E-state index in [1.54, 1.807) is 18.3 Å². The van der Waals surface area contributed by atoms with Crippen LogP contribution in [-0.2, 0) is 4.79 Å². The Balaban J connectivity index is 1.02. The van der Waals surface area contributed by atoms with Crippen molar-refractivity contribution >= 4 is 5.97 Å². The van der Waals surface area contributed by atoms with E-state index in [9.17, 15) is 15.2 Å². The number of aromatic nitrogens is 1. The van der Waals surface area contributed by atoms with E-state index < -0.39 is 11.4 Å². The van der Waals surface area contributed by atoms with E-state index >= 15 is 0 Å². The van der Waals surface area contributed by atoms with Crippen molar-refractivity contribution in [1.82, 2.24) is 15.2 Å². The number of fused-ring (bicyclic) bond motifs is 7. The average Bonchev–Trinajstić information content (AvgIpc) is 3.58. The number of aliphatic carboxylic acids is 1. The fourth-order valence-electron chi connectivity index (χ4n) is 15.6. The Morgan fingerprint density at radius 2 is 1.77 bits per heavy atom. The molecule has 7 nitrogen and oxygen atoms in total. The molecule has 2 heterocycles. The van der Waals surface area contributed by atoms with Crippen molar-refractivity contribution in [3.63, 3.8) is 0 Å². The molecule has 0 unspecified atom stereocenters. The number of pyridine rings is 1. The molecular weight excluding hydrogens is 705 g/mol. The van der Waals surface area contributed by atoms with E-state index in [2.05, 4.69) is 81.5 Å². The largest absolute Gasteiger partial charge is 0.481 e. The summed E-state index contributed by atoms with van der Waals surface area (Å²) in [5, 5.41) is 24.4. The number of ether oxygens (including phenoxy) is 1. The number of allylic oxidation sites excluding steroid dienone is 5. The number of hydrogen-bond acceptors (Lipinski definition) is 6. The summed E-state index contributed by atoms with van der Waals surface area (Å²) in [6.45, 7) is 25.1. The standard InChI is InChI=1S/C50H72N4O3/c1-34(2)37-17-24-50(53-28-31-54-29-9-8-10-30-54)26-25-47(6)39(42(37)50)13-14-41-46(5)20-18-38(45(3,4)40(46)19-21-48(41,47)7)35-15-22-49(23-16-35,44(55)56)33-57-43-36(32-51)12-11-27-52-43/h11-12,15,18,27,37,39-42,53H,1,8-10,13-14,16-17,19-26,28-31,33H2,2-7H3,(H,55,56)/t37-,39+,40-,41+,42+,46-,47+,48+,49-,50-/m0/s1. The first-order chi connectivity index (χ1) is 27.1. The Hall–Kier alpha value is -2.95. The second kappa shape index (κ2) is 14.9. The van der Waals surface area contributed by atoms with E-state index in [0.717, 1.165) is 25.3 Å². The Kier molecular flexibility index (Phi) is 10.7. The molecule has 0 spiro atoms. The van der Waals surface area contributed by atoms with Gasteiger partial charge in [0.2, 0.25) is 5.88 Å². The predicted octanol–water partition coefficient (Wildman–Crippen LogP) is 10.5. The maximum absolute atomic E-state index is 12.8. The third-order valence-electron chi connectivity index (χ3n) is 18.8. The highest BCUT2D eigenvalue weighted by molar-refractivity contribution is 5.75. The molecule has 4 saturated carbocycles. The maximum atomic E-state index is 12.8. The lowest BCUT2D eigenvalue weighted by atomic mass is 9.33. The summed E-state index contributed by atoms with van der Waals surface area (Å²) in [7, 11) is 0. The van der Waals surface area contributed by atoms with Crippen LogP contribution in [-0.4, -0.2) is 59.3 Å². The molecule has 310 valence electrons. The van der Waals surface area contributed by atoms with Crippen LogP contribution in [0.1, 0.15) is 143 Å². The Morgan fingerprint density at radius 1 is 0.982 bits per heavy atom. The van der Waals surface area contributed by atoms with Crippen LogP contribution in [0.3, 0.4) is 0 Å². The van der Waals surface area contributed by atoms with Crippen LogP contribution in [0.2, 0.25) is 0 Å². The van der Waals surface area contributed by atoms with Crippen LogP contribution in [0.15, 0.2) is 53.8 Å². The number of likely N-dealkylation sites (tertiary alicyclic amines) is 1. The number of piperidine rings is 1. The highest BCUT2D eigenvalue weighted by atomic mass is 16.5. The van der Waals surface area contributed by atoms with Crippen LogP contribution in [0.25, 0.3) is 0 Å². The van der Waals surface area contributed by atoms with Gasteiger partial charge in [-0.05, 0) is 184 Å². The smallest absolute Gasteiger partial charge is 0.313 e. The van der Waals surface area contributed by atoms with Gasteiger partial charge in [0.05, 0.1) is 0 Å². The molecular formula is C50H72N4O3. The lowest BCUT2D eigenvalue weighted by Gasteiger charge is -2.72.